The van der Waals surface area contributed by atoms with E-state index in [0.717, 1.165) is 0 Å². The Hall–Kier alpha value is -0.310. The van der Waals surface area contributed by atoms with Gasteiger partial charge in [0.2, 0.25) is 0 Å². The SMILES string of the molecule is CC1C=Cc2cc(I)ccc2C1. The summed E-state index contributed by atoms with van der Waals surface area (Å²) in [5, 5.41) is 0. The first-order valence-electron chi connectivity index (χ1n) is 4.22. The minimum atomic E-state index is 0.706. The zero-order valence-electron chi connectivity index (χ0n) is 7.05. The van der Waals surface area contributed by atoms with Crippen LogP contribution in [0.4, 0.5) is 0 Å². The summed E-state index contributed by atoms with van der Waals surface area (Å²) in [7, 11) is 0. The summed E-state index contributed by atoms with van der Waals surface area (Å²) in [6.45, 7) is 2.26. The quantitative estimate of drug-likeness (QED) is 0.633. The number of rotatable bonds is 0. The van der Waals surface area contributed by atoms with Gasteiger partial charge in [0.25, 0.3) is 0 Å². The highest BCUT2D eigenvalue weighted by Gasteiger charge is 2.08. The summed E-state index contributed by atoms with van der Waals surface area (Å²) < 4.78 is 1.32. The van der Waals surface area contributed by atoms with Crippen molar-refractivity contribution in [2.45, 2.75) is 13.3 Å². The number of allylic oxidation sites excluding steroid dienone is 1. The third-order valence-corrected chi connectivity index (χ3v) is 2.93. The molecule has 0 amide bonds. The molecular weight excluding hydrogens is 259 g/mol. The van der Waals surface area contributed by atoms with Gasteiger partial charge in [-0.05, 0) is 58.2 Å². The normalized spacial score (nSPS) is 20.7. The van der Waals surface area contributed by atoms with Crippen molar-refractivity contribution in [3.63, 3.8) is 0 Å². The van der Waals surface area contributed by atoms with Crippen LogP contribution in [0.5, 0.6) is 0 Å². The maximum absolute atomic E-state index is 2.36. The first-order chi connectivity index (χ1) is 5.75. The molecule has 0 spiro atoms. The van der Waals surface area contributed by atoms with Crippen molar-refractivity contribution in [1.29, 1.82) is 0 Å². The van der Waals surface area contributed by atoms with Gasteiger partial charge in [-0.2, -0.15) is 0 Å². The summed E-state index contributed by atoms with van der Waals surface area (Å²) in [6.07, 6.45) is 5.73. The van der Waals surface area contributed by atoms with Gasteiger partial charge in [0.05, 0.1) is 0 Å². The van der Waals surface area contributed by atoms with Crippen molar-refractivity contribution in [3.05, 3.63) is 39.0 Å². The predicted molar refractivity (Wildman–Crippen MR) is 61.1 cm³/mol. The third kappa shape index (κ3) is 1.56. The van der Waals surface area contributed by atoms with Gasteiger partial charge in [0, 0.05) is 3.57 Å². The molecule has 0 nitrogen and oxygen atoms in total. The molecule has 62 valence electrons. The summed E-state index contributed by atoms with van der Waals surface area (Å²) >= 11 is 2.36. The number of fused-ring (bicyclic) bond motifs is 1. The Balaban J connectivity index is 2.47. The molecule has 1 aromatic carbocycles. The topological polar surface area (TPSA) is 0 Å². The third-order valence-electron chi connectivity index (χ3n) is 2.25. The summed E-state index contributed by atoms with van der Waals surface area (Å²) in [5.74, 6) is 0.706. The highest BCUT2D eigenvalue weighted by atomic mass is 127. The zero-order valence-corrected chi connectivity index (χ0v) is 9.21. The molecular formula is C11H11I. The second-order valence-corrected chi connectivity index (χ2v) is 4.63. The second kappa shape index (κ2) is 3.21. The molecule has 2 rings (SSSR count). The van der Waals surface area contributed by atoms with Crippen molar-refractivity contribution in [3.8, 4) is 0 Å². The van der Waals surface area contributed by atoms with Crippen molar-refractivity contribution < 1.29 is 0 Å². The van der Waals surface area contributed by atoms with Crippen LogP contribution in [0.1, 0.15) is 18.1 Å². The Morgan fingerprint density at radius 3 is 3.08 bits per heavy atom. The van der Waals surface area contributed by atoms with Gasteiger partial charge in [-0.15, -0.1) is 0 Å². The van der Waals surface area contributed by atoms with E-state index in [1.807, 2.05) is 0 Å². The molecule has 0 N–H and O–H groups in total. The largest absolute Gasteiger partial charge is 0.0808 e. The lowest BCUT2D eigenvalue weighted by Gasteiger charge is -2.15. The average Bonchev–Trinajstić information content (AvgIpc) is 2.05. The maximum atomic E-state index is 2.36. The van der Waals surface area contributed by atoms with Gasteiger partial charge in [-0.25, -0.2) is 0 Å². The van der Waals surface area contributed by atoms with E-state index in [2.05, 4.69) is 59.9 Å². The van der Waals surface area contributed by atoms with Gasteiger partial charge in [-0.1, -0.05) is 25.1 Å². The van der Waals surface area contributed by atoms with Crippen molar-refractivity contribution in [1.82, 2.24) is 0 Å². The average molecular weight is 270 g/mol. The predicted octanol–water partition coefficient (Wildman–Crippen LogP) is 3.50. The molecule has 12 heavy (non-hydrogen) atoms. The lowest BCUT2D eigenvalue weighted by atomic mass is 9.91. The van der Waals surface area contributed by atoms with Gasteiger partial charge in [0.15, 0.2) is 0 Å². The van der Waals surface area contributed by atoms with Crippen LogP contribution in [0, 0.1) is 9.49 Å². The van der Waals surface area contributed by atoms with E-state index in [-0.39, 0.29) is 0 Å². The molecule has 0 radical (unpaired) electrons. The van der Waals surface area contributed by atoms with E-state index < -0.39 is 0 Å². The molecule has 0 heterocycles. The molecule has 0 fully saturated rings. The van der Waals surface area contributed by atoms with Crippen LogP contribution in [0.2, 0.25) is 0 Å². The van der Waals surface area contributed by atoms with Gasteiger partial charge >= 0.3 is 0 Å². The van der Waals surface area contributed by atoms with Crippen LogP contribution in [0.3, 0.4) is 0 Å². The monoisotopic (exact) mass is 270 g/mol. The molecule has 0 aromatic heterocycles. The highest BCUT2D eigenvalue weighted by molar-refractivity contribution is 14.1. The van der Waals surface area contributed by atoms with E-state index in [1.165, 1.54) is 21.1 Å². The smallest absolute Gasteiger partial charge is 0.0136 e. The van der Waals surface area contributed by atoms with Crippen LogP contribution in [0.15, 0.2) is 24.3 Å². The van der Waals surface area contributed by atoms with E-state index in [4.69, 9.17) is 0 Å². The van der Waals surface area contributed by atoms with Crippen LogP contribution >= 0.6 is 22.6 Å². The summed E-state index contributed by atoms with van der Waals surface area (Å²) in [4.78, 5) is 0. The first kappa shape index (κ1) is 8.30. The molecule has 1 aliphatic rings. The van der Waals surface area contributed by atoms with Crippen LogP contribution in [-0.4, -0.2) is 0 Å². The van der Waals surface area contributed by atoms with E-state index in [9.17, 15) is 0 Å². The Morgan fingerprint density at radius 2 is 2.25 bits per heavy atom. The number of halogens is 1. The zero-order chi connectivity index (χ0) is 8.55. The standard InChI is InChI=1S/C11H11I/c1-8-2-3-10-7-11(12)5-4-9(10)6-8/h2-5,7-8H,6H2,1H3. The number of benzene rings is 1. The lowest BCUT2D eigenvalue weighted by molar-refractivity contribution is 0.717. The minimum absolute atomic E-state index is 0.706. The van der Waals surface area contributed by atoms with E-state index >= 15 is 0 Å². The Morgan fingerprint density at radius 1 is 1.42 bits per heavy atom. The molecule has 0 saturated carbocycles. The van der Waals surface area contributed by atoms with E-state index in [1.54, 1.807) is 0 Å². The van der Waals surface area contributed by atoms with Crippen LogP contribution in [-0.2, 0) is 6.42 Å². The fraction of sp³-hybridized carbons (Fsp3) is 0.273. The highest BCUT2D eigenvalue weighted by Crippen LogP contribution is 2.23. The lowest BCUT2D eigenvalue weighted by Crippen LogP contribution is -2.02. The van der Waals surface area contributed by atoms with Crippen molar-refractivity contribution in [2.75, 3.05) is 0 Å². The van der Waals surface area contributed by atoms with Crippen molar-refractivity contribution in [2.24, 2.45) is 5.92 Å². The minimum Gasteiger partial charge on any atom is -0.0808 e. The van der Waals surface area contributed by atoms with Gasteiger partial charge in [0.1, 0.15) is 0 Å². The summed E-state index contributed by atoms with van der Waals surface area (Å²) in [5.41, 5.74) is 2.89. The molecule has 1 atom stereocenters. The Kier molecular flexibility index (Phi) is 2.22. The fourth-order valence-electron chi connectivity index (χ4n) is 1.59. The maximum Gasteiger partial charge on any atom is 0.0136 e. The fourth-order valence-corrected chi connectivity index (χ4v) is 2.10. The van der Waals surface area contributed by atoms with Crippen molar-refractivity contribution >= 4 is 28.7 Å². The molecule has 0 saturated heterocycles. The molecule has 1 aromatic rings. The van der Waals surface area contributed by atoms with Gasteiger partial charge < -0.3 is 0 Å². The molecule has 0 bridgehead atoms. The number of hydrogen-bond acceptors (Lipinski definition) is 0. The molecule has 1 aliphatic carbocycles. The van der Waals surface area contributed by atoms with Crippen LogP contribution < -0.4 is 0 Å². The first-order valence-corrected chi connectivity index (χ1v) is 5.30. The van der Waals surface area contributed by atoms with Gasteiger partial charge in [-0.3, -0.25) is 0 Å². The van der Waals surface area contributed by atoms with E-state index in [0.29, 0.717) is 5.92 Å². The number of hydrogen-bond donors (Lipinski definition) is 0. The molecule has 1 unspecified atom stereocenters. The Bertz CT molecular complexity index is 326. The Labute approximate surface area is 86.8 Å². The van der Waals surface area contributed by atoms with Crippen LogP contribution in [0.25, 0.3) is 6.08 Å². The molecule has 1 heteroatoms. The second-order valence-electron chi connectivity index (χ2n) is 3.38. The summed E-state index contributed by atoms with van der Waals surface area (Å²) in [6, 6.07) is 6.68. The molecule has 0 aliphatic heterocycles.